The molecular weight excluding hydrogens is 310 g/mol. The van der Waals surface area contributed by atoms with Crippen LogP contribution in [0, 0.1) is 11.3 Å². The van der Waals surface area contributed by atoms with Crippen LogP contribution in [0.5, 0.6) is 5.75 Å². The number of nitriles is 1. The van der Waals surface area contributed by atoms with Crippen LogP contribution in [0.1, 0.15) is 5.56 Å². The summed E-state index contributed by atoms with van der Waals surface area (Å²) in [6.45, 7) is 0.222. The van der Waals surface area contributed by atoms with E-state index in [2.05, 4.69) is 15.9 Å². The summed E-state index contributed by atoms with van der Waals surface area (Å²) < 4.78 is 18.1. The molecule has 0 saturated heterocycles. The van der Waals surface area contributed by atoms with Gasteiger partial charge in [-0.1, -0.05) is 0 Å². The fraction of sp³-hybridized carbons (Fsp3) is 0.182. The minimum atomic E-state index is 0. The first-order chi connectivity index (χ1) is 7.71. The molecule has 1 aromatic carbocycles. The summed E-state index contributed by atoms with van der Waals surface area (Å²) in [5.41, 5.74) is 6.18. The van der Waals surface area contributed by atoms with Crippen LogP contribution in [0.4, 0.5) is 4.39 Å². The number of nitrogens with zero attached hydrogens (tertiary/aromatic N) is 1. The van der Waals surface area contributed by atoms with Crippen molar-refractivity contribution in [1.29, 1.82) is 5.26 Å². The maximum Gasteiger partial charge on any atom is 0.121 e. The average Bonchev–Trinajstić information content (AvgIpc) is 2.30. The van der Waals surface area contributed by atoms with E-state index in [0.29, 0.717) is 27.7 Å². The molecule has 0 heterocycles. The maximum absolute atomic E-state index is 12.2. The molecule has 0 aliphatic rings. The summed E-state index contributed by atoms with van der Waals surface area (Å²) in [4.78, 5) is 0. The molecule has 3 nitrogen and oxygen atoms in total. The van der Waals surface area contributed by atoms with Crippen molar-refractivity contribution in [2.75, 3.05) is 13.2 Å². The minimum Gasteiger partial charge on any atom is -0.489 e. The lowest BCUT2D eigenvalue weighted by atomic mass is 10.2. The highest BCUT2D eigenvalue weighted by atomic mass is 79.9. The first-order valence-electron chi connectivity index (χ1n) is 4.52. The summed E-state index contributed by atoms with van der Waals surface area (Å²) in [5, 5.41) is 8.71. The van der Waals surface area contributed by atoms with E-state index < -0.39 is 0 Å². The molecule has 0 aliphatic heterocycles. The van der Waals surface area contributed by atoms with E-state index in [1.54, 1.807) is 18.2 Å². The van der Waals surface area contributed by atoms with Crippen molar-refractivity contribution in [3.8, 4) is 11.8 Å². The van der Waals surface area contributed by atoms with Gasteiger partial charge in [-0.05, 0) is 34.1 Å². The highest BCUT2D eigenvalue weighted by molar-refractivity contribution is 9.10. The zero-order valence-electron chi connectivity index (χ0n) is 8.82. The smallest absolute Gasteiger partial charge is 0.121 e. The summed E-state index contributed by atoms with van der Waals surface area (Å²) in [6, 6.07) is 6.95. The Hall–Kier alpha value is -1.09. The van der Waals surface area contributed by atoms with Crippen LogP contribution >= 0.6 is 28.3 Å². The number of rotatable bonds is 4. The van der Waals surface area contributed by atoms with Gasteiger partial charge in [0.1, 0.15) is 18.4 Å². The lowest BCUT2D eigenvalue weighted by Gasteiger charge is -2.07. The van der Waals surface area contributed by atoms with Crippen LogP contribution in [-0.2, 0) is 0 Å². The van der Waals surface area contributed by atoms with Crippen LogP contribution in [0.15, 0.2) is 34.6 Å². The van der Waals surface area contributed by atoms with E-state index in [0.717, 1.165) is 0 Å². The summed E-state index contributed by atoms with van der Waals surface area (Å²) in [6.07, 6.45) is 0.443. The number of halogens is 3. The lowest BCUT2D eigenvalue weighted by molar-refractivity contribution is 0.347. The van der Waals surface area contributed by atoms with E-state index in [1.807, 2.05) is 6.07 Å². The maximum atomic E-state index is 12.2. The van der Waals surface area contributed by atoms with E-state index in [4.69, 9.17) is 15.7 Å². The number of benzene rings is 1. The van der Waals surface area contributed by atoms with Crippen molar-refractivity contribution in [1.82, 2.24) is 0 Å². The zero-order chi connectivity index (χ0) is 12.0. The molecular formula is C11H11BrClFN2O. The zero-order valence-corrected chi connectivity index (χ0v) is 11.2. The van der Waals surface area contributed by atoms with Crippen molar-refractivity contribution in [2.24, 2.45) is 5.73 Å². The van der Waals surface area contributed by atoms with E-state index in [9.17, 15) is 4.39 Å². The predicted molar refractivity (Wildman–Crippen MR) is 69.8 cm³/mol. The van der Waals surface area contributed by atoms with Gasteiger partial charge in [-0.15, -0.1) is 12.4 Å². The van der Waals surface area contributed by atoms with Crippen molar-refractivity contribution >= 4 is 28.3 Å². The van der Waals surface area contributed by atoms with Crippen LogP contribution in [0.2, 0.25) is 0 Å². The quantitative estimate of drug-likeness (QED) is 0.927. The van der Waals surface area contributed by atoms with Crippen LogP contribution in [0.3, 0.4) is 0 Å². The monoisotopic (exact) mass is 320 g/mol. The molecule has 0 spiro atoms. The summed E-state index contributed by atoms with van der Waals surface area (Å²) in [7, 11) is 0. The van der Waals surface area contributed by atoms with Gasteiger partial charge >= 0.3 is 0 Å². The Balaban J connectivity index is 0.00000256. The highest BCUT2D eigenvalue weighted by Gasteiger charge is 2.02. The third-order valence-electron chi connectivity index (χ3n) is 1.90. The fourth-order valence-electron chi connectivity index (χ4n) is 0.987. The Morgan fingerprint density at radius 1 is 1.59 bits per heavy atom. The molecule has 0 bridgehead atoms. The van der Waals surface area contributed by atoms with Gasteiger partial charge in [0.15, 0.2) is 0 Å². The molecule has 0 aliphatic carbocycles. The highest BCUT2D eigenvalue weighted by Crippen LogP contribution is 2.22. The van der Waals surface area contributed by atoms with Gasteiger partial charge in [-0.25, -0.2) is 4.39 Å². The van der Waals surface area contributed by atoms with Crippen LogP contribution < -0.4 is 10.5 Å². The summed E-state index contributed by atoms with van der Waals surface area (Å²) >= 11 is 3.23. The molecule has 0 aromatic heterocycles. The third kappa shape index (κ3) is 4.73. The molecule has 1 aromatic rings. The molecule has 0 saturated carbocycles. The number of hydrogen-bond acceptors (Lipinski definition) is 3. The van der Waals surface area contributed by atoms with Crippen LogP contribution in [0.25, 0.3) is 0 Å². The normalized spacial score (nSPS) is 10.4. The molecule has 0 amide bonds. The van der Waals surface area contributed by atoms with E-state index in [-0.39, 0.29) is 25.6 Å². The average molecular weight is 322 g/mol. The standard InChI is InChI=1S/C11H10BrFN2O.ClH/c12-11-3-10(2-1-9(11)6-15)16-7-8(4-13)5-14;/h1-4H,5,7,14H2;1H. The molecule has 0 radical (unpaired) electrons. The minimum absolute atomic E-state index is 0. The van der Waals surface area contributed by atoms with Crippen molar-refractivity contribution < 1.29 is 9.13 Å². The molecule has 0 fully saturated rings. The topological polar surface area (TPSA) is 59.0 Å². The Bertz CT molecular complexity index is 446. The van der Waals surface area contributed by atoms with E-state index >= 15 is 0 Å². The number of nitrogens with two attached hydrogens (primary N) is 1. The lowest BCUT2D eigenvalue weighted by Crippen LogP contribution is -2.10. The molecule has 2 N–H and O–H groups in total. The Kier molecular flexibility index (Phi) is 7.55. The van der Waals surface area contributed by atoms with Crippen LogP contribution in [-0.4, -0.2) is 13.2 Å². The van der Waals surface area contributed by atoms with Gasteiger partial charge in [-0.2, -0.15) is 5.26 Å². The molecule has 92 valence electrons. The Morgan fingerprint density at radius 3 is 2.76 bits per heavy atom. The van der Waals surface area contributed by atoms with E-state index in [1.165, 1.54) is 0 Å². The Morgan fingerprint density at radius 2 is 2.29 bits per heavy atom. The Labute approximate surface area is 114 Å². The SMILES string of the molecule is Cl.N#Cc1ccc(OCC(=CF)CN)cc1Br. The van der Waals surface area contributed by atoms with Gasteiger partial charge in [0, 0.05) is 16.6 Å². The fourth-order valence-corrected chi connectivity index (χ4v) is 1.43. The molecule has 0 unspecified atom stereocenters. The second-order valence-corrected chi connectivity index (χ2v) is 3.87. The predicted octanol–water partition coefficient (Wildman–Crippen LogP) is 2.93. The van der Waals surface area contributed by atoms with Gasteiger partial charge in [0.05, 0.1) is 11.9 Å². The second-order valence-electron chi connectivity index (χ2n) is 3.01. The third-order valence-corrected chi connectivity index (χ3v) is 2.56. The molecule has 17 heavy (non-hydrogen) atoms. The number of hydrogen-bond donors (Lipinski definition) is 1. The largest absolute Gasteiger partial charge is 0.489 e. The van der Waals surface area contributed by atoms with Crippen molar-refractivity contribution in [2.45, 2.75) is 0 Å². The second kappa shape index (κ2) is 8.07. The van der Waals surface area contributed by atoms with Crippen molar-refractivity contribution in [3.05, 3.63) is 40.1 Å². The van der Waals surface area contributed by atoms with Crippen molar-refractivity contribution in [3.63, 3.8) is 0 Å². The molecule has 1 rings (SSSR count). The first kappa shape index (κ1) is 15.9. The van der Waals surface area contributed by atoms with Gasteiger partial charge in [-0.3, -0.25) is 0 Å². The molecule has 6 heteroatoms. The first-order valence-corrected chi connectivity index (χ1v) is 5.31. The number of ether oxygens (including phenoxy) is 1. The summed E-state index contributed by atoms with van der Waals surface area (Å²) in [5.74, 6) is 0.554. The molecule has 0 atom stereocenters. The van der Waals surface area contributed by atoms with Gasteiger partial charge < -0.3 is 10.5 Å². The van der Waals surface area contributed by atoms with Gasteiger partial charge in [0.2, 0.25) is 0 Å². The van der Waals surface area contributed by atoms with Gasteiger partial charge in [0.25, 0.3) is 0 Å².